The second-order valence-electron chi connectivity index (χ2n) is 10.3. The van der Waals surface area contributed by atoms with E-state index in [1.54, 1.807) is 0 Å². The second kappa shape index (κ2) is 7.92. The van der Waals surface area contributed by atoms with E-state index in [0.29, 0.717) is 0 Å². The summed E-state index contributed by atoms with van der Waals surface area (Å²) >= 11 is 0. The number of nitrogens with zero attached hydrogens (tertiary/aromatic N) is 2. The predicted molar refractivity (Wildman–Crippen MR) is 142 cm³/mol. The van der Waals surface area contributed by atoms with Crippen LogP contribution in [0.15, 0.2) is 91.3 Å². The number of fused-ring (bicyclic) bond motifs is 4. The van der Waals surface area contributed by atoms with Crippen LogP contribution in [0.5, 0.6) is 0 Å². The molecule has 1 aliphatic rings. The molecule has 0 aliphatic heterocycles. The molecule has 34 heavy (non-hydrogen) atoms. The third-order valence-corrected chi connectivity index (χ3v) is 6.97. The quantitative estimate of drug-likeness (QED) is 0.278. The minimum Gasteiger partial charge on any atom is -0.256 e. The van der Waals surface area contributed by atoms with Crippen LogP contribution in [-0.4, -0.2) is 9.97 Å². The van der Waals surface area contributed by atoms with Gasteiger partial charge in [-0.3, -0.25) is 9.97 Å². The van der Waals surface area contributed by atoms with Gasteiger partial charge in [0.15, 0.2) is 0 Å². The Balaban J connectivity index is 1.50. The van der Waals surface area contributed by atoms with Crippen LogP contribution in [0.25, 0.3) is 44.4 Å². The zero-order chi connectivity index (χ0) is 23.3. The number of hydrogen-bond acceptors (Lipinski definition) is 2. The summed E-state index contributed by atoms with van der Waals surface area (Å²) in [4.78, 5) is 9.85. The molecule has 0 saturated carbocycles. The molecule has 0 N–H and O–H groups in total. The van der Waals surface area contributed by atoms with Crippen molar-refractivity contribution >= 4 is 10.8 Å². The lowest BCUT2D eigenvalue weighted by atomic mass is 9.81. The normalized spacial score (nSPS) is 12.9. The van der Waals surface area contributed by atoms with E-state index in [4.69, 9.17) is 9.97 Å². The second-order valence-corrected chi connectivity index (χ2v) is 10.3. The largest absolute Gasteiger partial charge is 0.256 e. The van der Waals surface area contributed by atoms with Crippen molar-refractivity contribution < 1.29 is 0 Å². The Morgan fingerprint density at radius 1 is 0.676 bits per heavy atom. The maximum atomic E-state index is 4.95. The lowest BCUT2D eigenvalue weighted by Gasteiger charge is -2.25. The Morgan fingerprint density at radius 3 is 2.29 bits per heavy atom. The highest BCUT2D eigenvalue weighted by Gasteiger charge is 2.24. The standard InChI is InChI=1S/C32H28N2/c1-32(2,3)29-19-24(17-22-11-7-8-12-26(22)29)31-27-14-13-23-18-25(21-9-5-4-6-10-21)20-34-30(23)28(27)15-16-33-31/h4-12,15-20H,13-14H2,1-3H3. The molecule has 2 heteroatoms. The minimum atomic E-state index is 0.0481. The van der Waals surface area contributed by atoms with Crippen LogP contribution >= 0.6 is 0 Å². The van der Waals surface area contributed by atoms with E-state index in [9.17, 15) is 0 Å². The molecule has 0 amide bonds. The van der Waals surface area contributed by atoms with Gasteiger partial charge in [0.25, 0.3) is 0 Å². The van der Waals surface area contributed by atoms with Crippen molar-refractivity contribution in [1.82, 2.24) is 9.97 Å². The fraction of sp³-hybridized carbons (Fsp3) is 0.188. The molecule has 6 rings (SSSR count). The topological polar surface area (TPSA) is 25.8 Å². The molecule has 0 unspecified atom stereocenters. The number of benzene rings is 3. The van der Waals surface area contributed by atoms with Gasteiger partial charge in [0.2, 0.25) is 0 Å². The third kappa shape index (κ3) is 3.51. The van der Waals surface area contributed by atoms with Gasteiger partial charge in [-0.2, -0.15) is 0 Å². The molecule has 0 radical (unpaired) electrons. The SMILES string of the molecule is CC(C)(C)c1cc(-c2nccc3c2CCc2cc(-c4ccccc4)cnc2-3)cc2ccccc12. The van der Waals surface area contributed by atoms with Gasteiger partial charge in [0.1, 0.15) is 0 Å². The molecule has 1 aliphatic carbocycles. The van der Waals surface area contributed by atoms with Gasteiger partial charge in [0, 0.05) is 29.1 Å². The molecule has 0 fully saturated rings. The monoisotopic (exact) mass is 440 g/mol. The summed E-state index contributed by atoms with van der Waals surface area (Å²) in [6.45, 7) is 6.87. The molecular weight excluding hydrogens is 412 g/mol. The van der Waals surface area contributed by atoms with Crippen LogP contribution in [0.4, 0.5) is 0 Å². The average molecular weight is 441 g/mol. The fourth-order valence-electron chi connectivity index (χ4n) is 5.28. The van der Waals surface area contributed by atoms with Gasteiger partial charge in [-0.1, -0.05) is 75.4 Å². The average Bonchev–Trinajstić information content (AvgIpc) is 2.87. The molecule has 2 aromatic heterocycles. The zero-order valence-corrected chi connectivity index (χ0v) is 20.0. The van der Waals surface area contributed by atoms with Gasteiger partial charge in [-0.05, 0) is 75.5 Å². The van der Waals surface area contributed by atoms with Crippen molar-refractivity contribution in [3.8, 4) is 33.6 Å². The first-order valence-corrected chi connectivity index (χ1v) is 12.1. The molecule has 0 spiro atoms. The number of pyridine rings is 2. The highest BCUT2D eigenvalue weighted by molar-refractivity contribution is 5.92. The summed E-state index contributed by atoms with van der Waals surface area (Å²) in [5.74, 6) is 0. The summed E-state index contributed by atoms with van der Waals surface area (Å²) in [6.07, 6.45) is 5.91. The summed E-state index contributed by atoms with van der Waals surface area (Å²) in [5.41, 5.74) is 11.0. The molecule has 166 valence electrons. The van der Waals surface area contributed by atoms with Crippen molar-refractivity contribution in [2.24, 2.45) is 0 Å². The van der Waals surface area contributed by atoms with Crippen molar-refractivity contribution in [3.05, 3.63) is 108 Å². The van der Waals surface area contributed by atoms with Crippen molar-refractivity contribution in [2.45, 2.75) is 39.0 Å². The summed E-state index contributed by atoms with van der Waals surface area (Å²) in [6, 6.07) is 28.3. The Hall–Kier alpha value is -3.78. The Morgan fingerprint density at radius 2 is 1.47 bits per heavy atom. The Labute approximate surface area is 201 Å². The van der Waals surface area contributed by atoms with Crippen LogP contribution in [0.1, 0.15) is 37.5 Å². The van der Waals surface area contributed by atoms with Crippen LogP contribution in [-0.2, 0) is 18.3 Å². The Bertz CT molecular complexity index is 1520. The van der Waals surface area contributed by atoms with Crippen LogP contribution < -0.4 is 0 Å². The number of aryl methyl sites for hydroxylation is 1. The molecule has 2 nitrogen and oxygen atoms in total. The van der Waals surface area contributed by atoms with Crippen LogP contribution in [0.3, 0.4) is 0 Å². The zero-order valence-electron chi connectivity index (χ0n) is 20.0. The van der Waals surface area contributed by atoms with Crippen molar-refractivity contribution in [1.29, 1.82) is 0 Å². The summed E-state index contributed by atoms with van der Waals surface area (Å²) in [5, 5.41) is 2.59. The lowest BCUT2D eigenvalue weighted by Crippen LogP contribution is -2.12. The van der Waals surface area contributed by atoms with E-state index < -0.39 is 0 Å². The van der Waals surface area contributed by atoms with E-state index in [1.807, 2.05) is 12.4 Å². The fourth-order valence-corrected chi connectivity index (χ4v) is 5.28. The maximum Gasteiger partial charge on any atom is 0.0741 e. The van der Waals surface area contributed by atoms with Gasteiger partial charge in [-0.25, -0.2) is 0 Å². The minimum absolute atomic E-state index is 0.0481. The first kappa shape index (κ1) is 20.8. The van der Waals surface area contributed by atoms with E-state index in [1.165, 1.54) is 49.7 Å². The van der Waals surface area contributed by atoms with Crippen LogP contribution in [0.2, 0.25) is 0 Å². The number of rotatable bonds is 2. The molecule has 3 aromatic carbocycles. The summed E-state index contributed by atoms with van der Waals surface area (Å²) < 4.78 is 0. The van der Waals surface area contributed by atoms with Crippen molar-refractivity contribution in [3.63, 3.8) is 0 Å². The van der Waals surface area contributed by atoms with Gasteiger partial charge in [-0.15, -0.1) is 0 Å². The van der Waals surface area contributed by atoms with Crippen molar-refractivity contribution in [2.75, 3.05) is 0 Å². The van der Waals surface area contributed by atoms with Gasteiger partial charge < -0.3 is 0 Å². The molecule has 0 atom stereocenters. The summed E-state index contributed by atoms with van der Waals surface area (Å²) in [7, 11) is 0. The number of hydrogen-bond donors (Lipinski definition) is 0. The third-order valence-electron chi connectivity index (χ3n) is 6.97. The first-order valence-electron chi connectivity index (χ1n) is 12.1. The Kier molecular flexibility index (Phi) is 4.84. The smallest absolute Gasteiger partial charge is 0.0741 e. The first-order chi connectivity index (χ1) is 16.5. The van der Waals surface area contributed by atoms with Gasteiger partial charge in [0.05, 0.1) is 11.4 Å². The predicted octanol–water partition coefficient (Wildman–Crippen LogP) is 8.03. The molecule has 5 aromatic rings. The molecule has 0 bridgehead atoms. The lowest BCUT2D eigenvalue weighted by molar-refractivity contribution is 0.596. The van der Waals surface area contributed by atoms with Crippen LogP contribution in [0, 0.1) is 0 Å². The maximum absolute atomic E-state index is 4.95. The number of aromatic nitrogens is 2. The van der Waals surface area contributed by atoms with Gasteiger partial charge >= 0.3 is 0 Å². The highest BCUT2D eigenvalue weighted by atomic mass is 14.7. The van der Waals surface area contributed by atoms with E-state index in [0.717, 1.165) is 24.2 Å². The van der Waals surface area contributed by atoms with E-state index >= 15 is 0 Å². The highest BCUT2D eigenvalue weighted by Crippen LogP contribution is 2.40. The van der Waals surface area contributed by atoms with E-state index in [2.05, 4.69) is 99.6 Å². The molecule has 2 heterocycles. The molecular formula is C32H28N2. The molecule has 0 saturated heterocycles. The van der Waals surface area contributed by atoms with E-state index in [-0.39, 0.29) is 5.41 Å².